The zero-order valence-corrected chi connectivity index (χ0v) is 9.45. The van der Waals surface area contributed by atoms with E-state index in [0.29, 0.717) is 6.42 Å². The number of hydrogen-bond donors (Lipinski definition) is 0. The summed E-state index contributed by atoms with van der Waals surface area (Å²) in [5.74, 6) is -0.215. The Hall–Kier alpha value is -2.16. The smallest absolute Gasteiger partial charge is 0.315 e. The van der Waals surface area contributed by atoms with Crippen LogP contribution in [0.2, 0.25) is 0 Å². The summed E-state index contributed by atoms with van der Waals surface area (Å²) >= 11 is 0. The van der Waals surface area contributed by atoms with Crippen LogP contribution in [0, 0.1) is 0 Å². The first-order chi connectivity index (χ1) is 8.34. The van der Waals surface area contributed by atoms with Gasteiger partial charge in [-0.2, -0.15) is 4.57 Å². The van der Waals surface area contributed by atoms with Crippen molar-refractivity contribution >= 4 is 5.97 Å². The van der Waals surface area contributed by atoms with Crippen LogP contribution in [0.1, 0.15) is 5.56 Å². The fraction of sp³-hybridized carbons (Fsp3) is 0.143. The van der Waals surface area contributed by atoms with Gasteiger partial charge in [0.15, 0.2) is 12.4 Å². The number of rotatable bonds is 4. The van der Waals surface area contributed by atoms with Gasteiger partial charge in [-0.05, 0) is 5.56 Å². The topological polar surface area (TPSA) is 30.2 Å². The van der Waals surface area contributed by atoms with Crippen LogP contribution in [0.3, 0.4) is 0 Å². The maximum absolute atomic E-state index is 11.6. The molecule has 0 unspecified atom stereocenters. The largest absolute Gasteiger partial charge is 0.405 e. The van der Waals surface area contributed by atoms with Crippen LogP contribution >= 0.6 is 0 Å². The van der Waals surface area contributed by atoms with Crippen molar-refractivity contribution in [2.24, 2.45) is 0 Å². The number of esters is 1. The van der Waals surface area contributed by atoms with E-state index in [4.69, 9.17) is 4.74 Å². The second-order valence-electron chi connectivity index (χ2n) is 3.70. The minimum absolute atomic E-state index is 0.215. The Bertz CT molecular complexity index is 468. The number of carbonyl (C=O) groups is 1. The summed E-state index contributed by atoms with van der Waals surface area (Å²) in [5.41, 5.74) is 0.968. The van der Waals surface area contributed by atoms with Crippen LogP contribution in [-0.4, -0.2) is 5.97 Å². The SMILES string of the molecule is O=C(Cc1ccccc1)OC[n+]1ccccc1. The van der Waals surface area contributed by atoms with Crippen molar-refractivity contribution in [3.63, 3.8) is 0 Å². The molecule has 1 heterocycles. The summed E-state index contributed by atoms with van der Waals surface area (Å²) in [7, 11) is 0. The number of carbonyl (C=O) groups excluding carboxylic acids is 1. The number of benzene rings is 1. The van der Waals surface area contributed by atoms with Gasteiger partial charge in [-0.1, -0.05) is 36.4 Å². The fourth-order valence-electron chi connectivity index (χ4n) is 1.48. The molecule has 0 spiro atoms. The molecule has 0 radical (unpaired) electrons. The Labute approximate surface area is 100 Å². The molecule has 17 heavy (non-hydrogen) atoms. The van der Waals surface area contributed by atoms with Gasteiger partial charge in [-0.3, -0.25) is 4.79 Å². The predicted molar refractivity (Wildman–Crippen MR) is 62.9 cm³/mol. The lowest BCUT2D eigenvalue weighted by atomic mass is 10.2. The average molecular weight is 228 g/mol. The maximum Gasteiger partial charge on any atom is 0.315 e. The third kappa shape index (κ3) is 3.72. The maximum atomic E-state index is 11.6. The summed E-state index contributed by atoms with van der Waals surface area (Å²) < 4.78 is 6.96. The first-order valence-corrected chi connectivity index (χ1v) is 5.48. The van der Waals surface area contributed by atoms with E-state index in [1.165, 1.54) is 0 Å². The van der Waals surface area contributed by atoms with Gasteiger partial charge in [0.25, 0.3) is 6.73 Å². The van der Waals surface area contributed by atoms with Crippen LogP contribution in [0.15, 0.2) is 60.9 Å². The number of nitrogens with zero attached hydrogens (tertiary/aromatic N) is 1. The second kappa shape index (κ2) is 5.80. The lowest BCUT2D eigenvalue weighted by molar-refractivity contribution is -0.727. The molecule has 0 fully saturated rings. The Morgan fingerprint density at radius 1 is 1.00 bits per heavy atom. The Morgan fingerprint density at radius 2 is 1.65 bits per heavy atom. The highest BCUT2D eigenvalue weighted by Crippen LogP contribution is 2.00. The van der Waals surface area contributed by atoms with E-state index >= 15 is 0 Å². The van der Waals surface area contributed by atoms with Crippen molar-refractivity contribution in [3.05, 3.63) is 66.5 Å². The zero-order valence-electron chi connectivity index (χ0n) is 9.45. The van der Waals surface area contributed by atoms with Gasteiger partial charge in [0.05, 0.1) is 6.42 Å². The van der Waals surface area contributed by atoms with E-state index in [0.717, 1.165) is 5.56 Å². The van der Waals surface area contributed by atoms with Crippen molar-refractivity contribution in [2.75, 3.05) is 0 Å². The molecule has 0 atom stereocenters. The van der Waals surface area contributed by atoms with E-state index in [1.54, 1.807) is 0 Å². The molecule has 3 nitrogen and oxygen atoms in total. The first-order valence-electron chi connectivity index (χ1n) is 5.48. The van der Waals surface area contributed by atoms with E-state index in [2.05, 4.69) is 0 Å². The van der Waals surface area contributed by atoms with Crippen LogP contribution in [-0.2, 0) is 22.7 Å². The molecular weight excluding hydrogens is 214 g/mol. The van der Waals surface area contributed by atoms with Crippen molar-refractivity contribution in [3.8, 4) is 0 Å². The molecule has 2 aromatic rings. The molecule has 1 aromatic carbocycles. The highest BCUT2D eigenvalue weighted by atomic mass is 16.5. The molecule has 0 aliphatic heterocycles. The molecule has 1 aromatic heterocycles. The van der Waals surface area contributed by atoms with Gasteiger partial charge < -0.3 is 4.74 Å². The van der Waals surface area contributed by atoms with Gasteiger partial charge in [-0.25, -0.2) is 0 Å². The number of ether oxygens (including phenoxy) is 1. The summed E-state index contributed by atoms with van der Waals surface area (Å²) in [6, 6.07) is 15.3. The van der Waals surface area contributed by atoms with Gasteiger partial charge in [-0.15, -0.1) is 0 Å². The molecule has 0 N–H and O–H groups in total. The fourth-order valence-corrected chi connectivity index (χ4v) is 1.48. The number of hydrogen-bond acceptors (Lipinski definition) is 2. The highest BCUT2D eigenvalue weighted by Gasteiger charge is 2.06. The van der Waals surface area contributed by atoms with E-state index in [-0.39, 0.29) is 12.7 Å². The molecule has 0 aliphatic carbocycles. The van der Waals surface area contributed by atoms with Crippen molar-refractivity contribution in [1.82, 2.24) is 0 Å². The predicted octanol–water partition coefficient (Wildman–Crippen LogP) is 1.72. The standard InChI is InChI=1S/C14H14NO2/c16-14(11-13-7-3-1-4-8-13)17-12-15-9-5-2-6-10-15/h1-10H,11-12H2/q+1. The molecule has 2 rings (SSSR count). The third-order valence-corrected chi connectivity index (χ3v) is 2.34. The second-order valence-corrected chi connectivity index (χ2v) is 3.70. The molecule has 0 saturated carbocycles. The van der Waals surface area contributed by atoms with Crippen LogP contribution in [0.25, 0.3) is 0 Å². The molecular formula is C14H14NO2+. The zero-order chi connectivity index (χ0) is 11.9. The lowest BCUT2D eigenvalue weighted by Gasteiger charge is -2.01. The normalized spacial score (nSPS) is 9.88. The van der Waals surface area contributed by atoms with Gasteiger partial charge in [0.2, 0.25) is 0 Å². The summed E-state index contributed by atoms with van der Waals surface area (Å²) in [6.45, 7) is 0.256. The van der Waals surface area contributed by atoms with Crippen LogP contribution in [0.5, 0.6) is 0 Å². The monoisotopic (exact) mass is 228 g/mol. The van der Waals surface area contributed by atoms with Crippen molar-refractivity contribution < 1.29 is 14.1 Å². The van der Waals surface area contributed by atoms with Crippen LogP contribution in [0.4, 0.5) is 0 Å². The highest BCUT2D eigenvalue weighted by molar-refractivity contribution is 5.72. The molecule has 0 saturated heterocycles. The van der Waals surface area contributed by atoms with E-state index < -0.39 is 0 Å². The minimum Gasteiger partial charge on any atom is -0.405 e. The van der Waals surface area contributed by atoms with Gasteiger partial charge in [0.1, 0.15) is 0 Å². The first kappa shape index (κ1) is 11.3. The third-order valence-electron chi connectivity index (χ3n) is 2.34. The van der Waals surface area contributed by atoms with Crippen LogP contribution < -0.4 is 4.57 Å². The Morgan fingerprint density at radius 3 is 2.35 bits per heavy atom. The van der Waals surface area contributed by atoms with Crippen molar-refractivity contribution in [2.45, 2.75) is 13.2 Å². The lowest BCUT2D eigenvalue weighted by Crippen LogP contribution is -2.35. The quantitative estimate of drug-likeness (QED) is 0.589. The van der Waals surface area contributed by atoms with E-state index in [9.17, 15) is 4.79 Å². The Kier molecular flexibility index (Phi) is 3.86. The molecule has 3 heteroatoms. The minimum atomic E-state index is -0.215. The molecule has 0 bridgehead atoms. The molecule has 86 valence electrons. The summed E-state index contributed by atoms with van der Waals surface area (Å²) in [4.78, 5) is 11.6. The number of pyridine rings is 1. The van der Waals surface area contributed by atoms with Gasteiger partial charge in [0, 0.05) is 12.1 Å². The van der Waals surface area contributed by atoms with E-state index in [1.807, 2.05) is 65.5 Å². The number of aromatic nitrogens is 1. The summed E-state index contributed by atoms with van der Waals surface area (Å²) in [6.07, 6.45) is 4.03. The average Bonchev–Trinajstić information content (AvgIpc) is 2.39. The van der Waals surface area contributed by atoms with Gasteiger partial charge >= 0.3 is 5.97 Å². The van der Waals surface area contributed by atoms with Crippen molar-refractivity contribution in [1.29, 1.82) is 0 Å². The Balaban J connectivity index is 1.83. The molecule has 0 amide bonds. The summed E-state index contributed by atoms with van der Waals surface area (Å²) in [5, 5.41) is 0. The molecule has 0 aliphatic rings.